The van der Waals surface area contributed by atoms with E-state index < -0.39 is 5.97 Å². The molecule has 0 aliphatic rings. The number of imidazole rings is 1. The maximum absolute atomic E-state index is 11.2. The molecule has 0 spiro atoms. The van der Waals surface area contributed by atoms with Crippen LogP contribution in [0.5, 0.6) is 0 Å². The zero-order valence-electron chi connectivity index (χ0n) is 11.3. The fourth-order valence-corrected chi connectivity index (χ4v) is 2.29. The van der Waals surface area contributed by atoms with Crippen molar-refractivity contribution in [1.82, 2.24) is 9.55 Å². The fourth-order valence-electron chi connectivity index (χ4n) is 2.29. The molecule has 6 heteroatoms. The van der Waals surface area contributed by atoms with Crippen LogP contribution in [-0.2, 0) is 11.3 Å². The first-order valence-electron chi connectivity index (χ1n) is 6.48. The van der Waals surface area contributed by atoms with Crippen LogP contribution in [0.1, 0.15) is 35.4 Å². The summed E-state index contributed by atoms with van der Waals surface area (Å²) in [6.45, 7) is 2.54. The van der Waals surface area contributed by atoms with Gasteiger partial charge in [0.1, 0.15) is 11.3 Å². The number of aromatic carboxylic acids is 1. The smallest absolute Gasteiger partial charge is 0.337 e. The number of nitrogens with two attached hydrogens (primary N) is 1. The number of carboxylic acids is 1. The lowest BCUT2D eigenvalue weighted by molar-refractivity contribution is -0.118. The van der Waals surface area contributed by atoms with Gasteiger partial charge in [-0.15, -0.1) is 0 Å². The number of benzene rings is 1. The van der Waals surface area contributed by atoms with Crippen LogP contribution in [0.3, 0.4) is 0 Å². The number of unbranched alkanes of at least 4 members (excludes halogenated alkanes) is 1. The van der Waals surface area contributed by atoms with Crippen molar-refractivity contribution in [2.24, 2.45) is 5.73 Å². The topological polar surface area (TPSA) is 98.2 Å². The maximum atomic E-state index is 11.2. The number of para-hydroxylation sites is 1. The lowest BCUT2D eigenvalue weighted by Crippen LogP contribution is -2.10. The summed E-state index contributed by atoms with van der Waals surface area (Å²) in [5.41, 5.74) is 6.63. The minimum Gasteiger partial charge on any atom is -0.478 e. The van der Waals surface area contributed by atoms with Crippen molar-refractivity contribution in [3.63, 3.8) is 0 Å². The molecular formula is C14H17N3O3. The van der Waals surface area contributed by atoms with Crippen molar-refractivity contribution < 1.29 is 14.7 Å². The summed E-state index contributed by atoms with van der Waals surface area (Å²) in [7, 11) is 0. The standard InChI is InChI=1S/C14H17N3O3/c1-9-16-13-10(14(19)20)5-4-6-11(13)17(9)8-3-2-7-12(15)18/h4-6H,2-3,7-8H2,1H3,(H2,15,18)(H,19,20). The molecule has 1 aromatic carbocycles. The Morgan fingerprint density at radius 1 is 1.35 bits per heavy atom. The van der Waals surface area contributed by atoms with Gasteiger partial charge < -0.3 is 15.4 Å². The predicted octanol–water partition coefficient (Wildman–Crippen LogP) is 1.70. The summed E-state index contributed by atoms with van der Waals surface area (Å²) in [6, 6.07) is 5.12. The molecule has 0 saturated heterocycles. The second-order valence-corrected chi connectivity index (χ2v) is 4.71. The molecule has 1 amide bonds. The number of carbonyl (C=O) groups is 2. The second-order valence-electron chi connectivity index (χ2n) is 4.71. The monoisotopic (exact) mass is 275 g/mol. The van der Waals surface area contributed by atoms with Crippen molar-refractivity contribution in [2.75, 3.05) is 0 Å². The largest absolute Gasteiger partial charge is 0.478 e. The average molecular weight is 275 g/mol. The second kappa shape index (κ2) is 5.73. The lowest BCUT2D eigenvalue weighted by atomic mass is 10.2. The molecule has 0 fully saturated rings. The Morgan fingerprint density at radius 3 is 2.75 bits per heavy atom. The van der Waals surface area contributed by atoms with Crippen LogP contribution in [0.25, 0.3) is 11.0 Å². The highest BCUT2D eigenvalue weighted by Gasteiger charge is 2.14. The molecular weight excluding hydrogens is 258 g/mol. The number of hydrogen-bond donors (Lipinski definition) is 2. The Kier molecular flexibility index (Phi) is 4.02. The number of fused-ring (bicyclic) bond motifs is 1. The number of hydrogen-bond acceptors (Lipinski definition) is 3. The highest BCUT2D eigenvalue weighted by Crippen LogP contribution is 2.20. The van der Waals surface area contributed by atoms with Crippen LogP contribution in [0.15, 0.2) is 18.2 Å². The molecule has 0 bridgehead atoms. The van der Waals surface area contributed by atoms with Crippen LogP contribution in [0, 0.1) is 6.92 Å². The van der Waals surface area contributed by atoms with Crippen LogP contribution in [-0.4, -0.2) is 26.5 Å². The molecule has 1 aromatic heterocycles. The summed E-state index contributed by atoms with van der Waals surface area (Å²) in [5.74, 6) is -0.507. The molecule has 20 heavy (non-hydrogen) atoms. The van der Waals surface area contributed by atoms with Gasteiger partial charge in [-0.2, -0.15) is 0 Å². The average Bonchev–Trinajstić information content (AvgIpc) is 2.70. The quantitative estimate of drug-likeness (QED) is 0.784. The van der Waals surface area contributed by atoms with Crippen molar-refractivity contribution in [3.8, 4) is 0 Å². The van der Waals surface area contributed by atoms with Crippen molar-refractivity contribution in [1.29, 1.82) is 0 Å². The van der Waals surface area contributed by atoms with E-state index in [1.54, 1.807) is 12.1 Å². The molecule has 0 aliphatic heterocycles. The molecule has 0 radical (unpaired) electrons. The van der Waals surface area contributed by atoms with Crippen LogP contribution < -0.4 is 5.73 Å². The summed E-state index contributed by atoms with van der Waals surface area (Å²) in [4.78, 5) is 26.2. The first-order chi connectivity index (χ1) is 9.50. The fraction of sp³-hybridized carbons (Fsp3) is 0.357. The van der Waals surface area contributed by atoms with Gasteiger partial charge in [-0.3, -0.25) is 4.79 Å². The molecule has 0 atom stereocenters. The molecule has 1 heterocycles. The Hall–Kier alpha value is -2.37. The van der Waals surface area contributed by atoms with E-state index in [-0.39, 0.29) is 11.5 Å². The SMILES string of the molecule is Cc1nc2c(C(=O)O)cccc2n1CCCCC(N)=O. The van der Waals surface area contributed by atoms with Crippen LogP contribution >= 0.6 is 0 Å². The first-order valence-corrected chi connectivity index (χ1v) is 6.48. The van der Waals surface area contributed by atoms with Gasteiger partial charge in [0.25, 0.3) is 0 Å². The summed E-state index contributed by atoms with van der Waals surface area (Å²) < 4.78 is 1.97. The van der Waals surface area contributed by atoms with E-state index in [0.29, 0.717) is 24.9 Å². The Morgan fingerprint density at radius 2 is 2.10 bits per heavy atom. The molecule has 2 rings (SSSR count). The number of carboxylic acid groups (broad SMARTS) is 1. The Bertz CT molecular complexity index is 661. The third-order valence-electron chi connectivity index (χ3n) is 3.26. The van der Waals surface area contributed by atoms with Gasteiger partial charge in [0.2, 0.25) is 5.91 Å². The number of nitrogens with zero attached hydrogens (tertiary/aromatic N) is 2. The summed E-state index contributed by atoms with van der Waals surface area (Å²) >= 11 is 0. The highest BCUT2D eigenvalue weighted by molar-refractivity contribution is 6.01. The number of aryl methyl sites for hydroxylation is 2. The van der Waals surface area contributed by atoms with Gasteiger partial charge in [-0.05, 0) is 31.9 Å². The number of primary amides is 1. The minimum absolute atomic E-state index is 0.210. The molecule has 0 unspecified atom stereocenters. The normalized spacial score (nSPS) is 10.8. The molecule has 2 aromatic rings. The third kappa shape index (κ3) is 2.79. The van der Waals surface area contributed by atoms with Crippen molar-refractivity contribution >= 4 is 22.9 Å². The zero-order chi connectivity index (χ0) is 14.7. The molecule has 6 nitrogen and oxygen atoms in total. The predicted molar refractivity (Wildman–Crippen MR) is 74.5 cm³/mol. The molecule has 0 aliphatic carbocycles. The summed E-state index contributed by atoms with van der Waals surface area (Å²) in [5, 5.41) is 9.16. The van der Waals surface area contributed by atoms with E-state index in [0.717, 1.165) is 17.8 Å². The van der Waals surface area contributed by atoms with Crippen molar-refractivity contribution in [2.45, 2.75) is 32.7 Å². The Labute approximate surface area is 116 Å². The zero-order valence-corrected chi connectivity index (χ0v) is 11.3. The Balaban J connectivity index is 2.25. The number of aromatic nitrogens is 2. The van der Waals surface area contributed by atoms with E-state index in [1.807, 2.05) is 17.6 Å². The van der Waals surface area contributed by atoms with E-state index in [1.165, 1.54) is 0 Å². The lowest BCUT2D eigenvalue weighted by Gasteiger charge is -2.06. The number of carbonyl (C=O) groups excluding carboxylic acids is 1. The van der Waals surface area contributed by atoms with Crippen LogP contribution in [0.4, 0.5) is 0 Å². The van der Waals surface area contributed by atoms with Crippen LogP contribution in [0.2, 0.25) is 0 Å². The van der Waals surface area contributed by atoms with E-state index >= 15 is 0 Å². The third-order valence-corrected chi connectivity index (χ3v) is 3.26. The van der Waals surface area contributed by atoms with Crippen molar-refractivity contribution in [3.05, 3.63) is 29.6 Å². The van der Waals surface area contributed by atoms with Gasteiger partial charge in [0.05, 0.1) is 11.1 Å². The first kappa shape index (κ1) is 14.0. The number of rotatable bonds is 6. The van der Waals surface area contributed by atoms with E-state index in [2.05, 4.69) is 4.98 Å². The maximum Gasteiger partial charge on any atom is 0.337 e. The van der Waals surface area contributed by atoms with Gasteiger partial charge >= 0.3 is 5.97 Å². The molecule has 106 valence electrons. The van der Waals surface area contributed by atoms with E-state index in [4.69, 9.17) is 10.8 Å². The highest BCUT2D eigenvalue weighted by atomic mass is 16.4. The van der Waals surface area contributed by atoms with Gasteiger partial charge in [-0.25, -0.2) is 9.78 Å². The van der Waals surface area contributed by atoms with Gasteiger partial charge in [0, 0.05) is 13.0 Å². The van der Waals surface area contributed by atoms with E-state index in [9.17, 15) is 9.59 Å². The molecule has 3 N–H and O–H groups in total. The minimum atomic E-state index is -0.978. The molecule has 0 saturated carbocycles. The van der Waals surface area contributed by atoms with Gasteiger partial charge in [0.15, 0.2) is 0 Å². The summed E-state index contributed by atoms with van der Waals surface area (Å²) in [6.07, 6.45) is 1.88. The van der Waals surface area contributed by atoms with Gasteiger partial charge in [-0.1, -0.05) is 6.07 Å². The number of amides is 1.